The monoisotopic (exact) mass is 427 g/mol. The van der Waals surface area contributed by atoms with Crippen molar-refractivity contribution in [1.29, 1.82) is 0 Å². The summed E-state index contributed by atoms with van der Waals surface area (Å²) in [5.74, 6) is -0.314. The molecule has 1 aliphatic heterocycles. The van der Waals surface area contributed by atoms with Gasteiger partial charge in [-0.1, -0.05) is 0 Å². The highest BCUT2D eigenvalue weighted by atomic mass is 32.2. The molecule has 144 valence electrons. The topological polar surface area (TPSA) is 79.4 Å². The molecule has 6 nitrogen and oxygen atoms in total. The van der Waals surface area contributed by atoms with Crippen molar-refractivity contribution in [3.63, 3.8) is 0 Å². The number of hydrogen-bond donors (Lipinski definition) is 1. The van der Waals surface area contributed by atoms with Crippen LogP contribution in [0.5, 0.6) is 0 Å². The smallest absolute Gasteiger partial charge is 0.236 e. The second-order valence-electron chi connectivity index (χ2n) is 6.51. The van der Waals surface area contributed by atoms with Gasteiger partial charge in [0.05, 0.1) is 16.7 Å². The molecule has 0 atom stereocenters. The van der Waals surface area contributed by atoms with E-state index in [1.165, 1.54) is 35.2 Å². The molecule has 0 saturated heterocycles. The molecule has 1 N–H and O–H groups in total. The first-order valence-electron chi connectivity index (χ1n) is 8.57. The van der Waals surface area contributed by atoms with Crippen molar-refractivity contribution in [2.45, 2.75) is 36.0 Å². The molecule has 1 aromatic carbocycles. The van der Waals surface area contributed by atoms with Crippen LogP contribution in [-0.2, 0) is 27.8 Å². The van der Waals surface area contributed by atoms with Crippen LogP contribution in [0.4, 0.5) is 9.52 Å². The summed E-state index contributed by atoms with van der Waals surface area (Å²) < 4.78 is 39.2. The van der Waals surface area contributed by atoms with Gasteiger partial charge in [0, 0.05) is 29.3 Å². The second kappa shape index (κ2) is 7.50. The van der Waals surface area contributed by atoms with Crippen LogP contribution < -0.4 is 5.32 Å². The molecule has 4 rings (SSSR count). The number of fused-ring (bicyclic) bond motifs is 1. The minimum absolute atomic E-state index is 0.193. The molecule has 1 amide bonds. The van der Waals surface area contributed by atoms with E-state index in [1.54, 1.807) is 16.4 Å². The number of nitrogens with one attached hydrogen (secondary N) is 1. The van der Waals surface area contributed by atoms with Crippen molar-refractivity contribution < 1.29 is 17.6 Å². The Morgan fingerprint density at radius 2 is 2.07 bits per heavy atom. The van der Waals surface area contributed by atoms with Crippen molar-refractivity contribution in [3.05, 3.63) is 40.7 Å². The van der Waals surface area contributed by atoms with Crippen molar-refractivity contribution in [1.82, 2.24) is 9.29 Å². The minimum atomic E-state index is -3.19. The highest BCUT2D eigenvalue weighted by Crippen LogP contribution is 2.35. The predicted molar refractivity (Wildman–Crippen MR) is 104 cm³/mol. The van der Waals surface area contributed by atoms with Crippen LogP contribution >= 0.6 is 23.1 Å². The van der Waals surface area contributed by atoms with Crippen molar-refractivity contribution in [3.8, 4) is 0 Å². The summed E-state index contributed by atoms with van der Waals surface area (Å²) >= 11 is 2.65. The lowest BCUT2D eigenvalue weighted by atomic mass is 10.2. The van der Waals surface area contributed by atoms with Crippen molar-refractivity contribution in [2.75, 3.05) is 17.6 Å². The van der Waals surface area contributed by atoms with E-state index in [2.05, 4.69) is 10.3 Å². The Morgan fingerprint density at radius 1 is 1.33 bits per heavy atom. The Hall–Kier alpha value is -1.49. The van der Waals surface area contributed by atoms with Crippen LogP contribution in [0.25, 0.3) is 0 Å². The van der Waals surface area contributed by atoms with Gasteiger partial charge in [-0.15, -0.1) is 23.1 Å². The molecule has 1 aliphatic carbocycles. The Labute approximate surface area is 165 Å². The van der Waals surface area contributed by atoms with Gasteiger partial charge in [0.2, 0.25) is 15.9 Å². The Kier molecular flexibility index (Phi) is 5.23. The van der Waals surface area contributed by atoms with Gasteiger partial charge in [0.15, 0.2) is 5.13 Å². The lowest BCUT2D eigenvalue weighted by Gasteiger charge is -2.25. The molecule has 1 saturated carbocycles. The normalized spacial score (nSPS) is 17.5. The van der Waals surface area contributed by atoms with E-state index in [1.807, 2.05) is 0 Å². The maximum Gasteiger partial charge on any atom is 0.236 e. The zero-order valence-corrected chi connectivity index (χ0v) is 16.8. The van der Waals surface area contributed by atoms with Gasteiger partial charge in [-0.25, -0.2) is 17.8 Å². The van der Waals surface area contributed by atoms with Crippen LogP contribution in [0.3, 0.4) is 0 Å². The number of hydrogen-bond acceptors (Lipinski definition) is 6. The molecular weight excluding hydrogens is 409 g/mol. The second-order valence-corrected chi connectivity index (χ2v) is 10.9. The van der Waals surface area contributed by atoms with E-state index < -0.39 is 10.0 Å². The average Bonchev–Trinajstić information content (AvgIpc) is 3.42. The van der Waals surface area contributed by atoms with Crippen LogP contribution in [0, 0.1) is 5.82 Å². The highest BCUT2D eigenvalue weighted by molar-refractivity contribution is 8.00. The fourth-order valence-electron chi connectivity index (χ4n) is 2.85. The third-order valence-electron chi connectivity index (χ3n) is 4.43. The average molecular weight is 428 g/mol. The number of rotatable bonds is 6. The predicted octanol–water partition coefficient (Wildman–Crippen LogP) is 2.86. The van der Waals surface area contributed by atoms with E-state index in [9.17, 15) is 17.6 Å². The largest absolute Gasteiger partial charge is 0.301 e. The number of thiazole rings is 1. The highest BCUT2D eigenvalue weighted by Gasteiger charge is 2.41. The number of anilines is 1. The number of aromatic nitrogens is 1. The van der Waals surface area contributed by atoms with Gasteiger partial charge >= 0.3 is 0 Å². The summed E-state index contributed by atoms with van der Waals surface area (Å²) in [5, 5.41) is 3.06. The lowest BCUT2D eigenvalue weighted by Crippen LogP contribution is -2.37. The summed E-state index contributed by atoms with van der Waals surface area (Å²) in [7, 11) is -3.19. The molecule has 0 spiro atoms. The number of nitrogens with zero attached hydrogens (tertiary/aromatic N) is 2. The molecule has 0 radical (unpaired) electrons. The number of carbonyl (C=O) groups is 1. The molecule has 27 heavy (non-hydrogen) atoms. The van der Waals surface area contributed by atoms with Crippen LogP contribution in [0.1, 0.15) is 23.4 Å². The van der Waals surface area contributed by atoms with Crippen molar-refractivity contribution >= 4 is 44.2 Å². The fourth-order valence-corrected chi connectivity index (χ4v) is 6.48. The van der Waals surface area contributed by atoms with E-state index >= 15 is 0 Å². The van der Waals surface area contributed by atoms with E-state index in [0.717, 1.165) is 28.3 Å². The quantitative estimate of drug-likeness (QED) is 0.717. The summed E-state index contributed by atoms with van der Waals surface area (Å²) in [6, 6.07) is 5.97. The SMILES string of the molecule is O=C(CSc1ccc(F)cc1)Nc1nc2c(s1)CN(S(=O)(=O)C1CC1)CC2. The third kappa shape index (κ3) is 4.34. The third-order valence-corrected chi connectivity index (χ3v) is 8.79. The minimum Gasteiger partial charge on any atom is -0.301 e. The molecular formula is C17H18FN3O3S3. The molecule has 10 heteroatoms. The summed E-state index contributed by atoms with van der Waals surface area (Å²) in [4.78, 5) is 18.3. The molecule has 1 fully saturated rings. The van der Waals surface area contributed by atoms with E-state index in [-0.39, 0.29) is 22.7 Å². The maximum atomic E-state index is 12.9. The van der Waals surface area contributed by atoms with Gasteiger partial charge in [0.25, 0.3) is 0 Å². The standard InChI is InChI=1S/C17H18FN3O3S3/c18-11-1-3-12(4-2-11)25-10-16(22)20-17-19-14-7-8-21(9-15(14)26-17)27(23,24)13-5-6-13/h1-4,13H,5-10H2,(H,19,20,22). The zero-order chi connectivity index (χ0) is 19.0. The Bertz CT molecular complexity index is 956. The first kappa shape index (κ1) is 18.9. The fraction of sp³-hybridized carbons (Fsp3) is 0.412. The molecule has 0 unspecified atom stereocenters. The Balaban J connectivity index is 1.35. The van der Waals surface area contributed by atoms with Gasteiger partial charge in [-0.05, 0) is 37.1 Å². The van der Waals surface area contributed by atoms with Gasteiger partial charge in [-0.3, -0.25) is 4.79 Å². The first-order chi connectivity index (χ1) is 12.9. The number of benzene rings is 1. The number of carbonyl (C=O) groups excluding carboxylic acids is 1. The van der Waals surface area contributed by atoms with Crippen LogP contribution in [-0.4, -0.2) is 41.2 Å². The van der Waals surface area contributed by atoms with E-state index in [4.69, 9.17) is 0 Å². The van der Waals surface area contributed by atoms with Gasteiger partial charge < -0.3 is 5.32 Å². The number of amides is 1. The molecule has 1 aromatic heterocycles. The molecule has 2 heterocycles. The summed E-state index contributed by atoms with van der Waals surface area (Å²) in [6.45, 7) is 0.787. The van der Waals surface area contributed by atoms with Crippen molar-refractivity contribution in [2.24, 2.45) is 0 Å². The summed E-state index contributed by atoms with van der Waals surface area (Å²) in [5.41, 5.74) is 0.865. The van der Waals surface area contributed by atoms with Crippen LogP contribution in [0.2, 0.25) is 0 Å². The first-order valence-corrected chi connectivity index (χ1v) is 11.9. The molecule has 0 bridgehead atoms. The van der Waals surface area contributed by atoms with Crippen LogP contribution in [0.15, 0.2) is 29.2 Å². The summed E-state index contributed by atoms with van der Waals surface area (Å²) in [6.07, 6.45) is 2.07. The van der Waals surface area contributed by atoms with Gasteiger partial charge in [-0.2, -0.15) is 4.31 Å². The maximum absolute atomic E-state index is 12.9. The Morgan fingerprint density at radius 3 is 2.78 bits per heavy atom. The van der Waals surface area contributed by atoms with Gasteiger partial charge in [0.1, 0.15) is 5.82 Å². The molecule has 2 aromatic rings. The lowest BCUT2D eigenvalue weighted by molar-refractivity contribution is -0.113. The number of thioether (sulfide) groups is 1. The number of halogens is 1. The molecule has 2 aliphatic rings. The number of sulfonamides is 1. The van der Waals surface area contributed by atoms with E-state index in [0.29, 0.717) is 24.6 Å². The zero-order valence-electron chi connectivity index (χ0n) is 14.4.